The molecule has 4 rings (SSSR count). The van der Waals surface area contributed by atoms with Gasteiger partial charge in [-0.25, -0.2) is 14.6 Å². The molecule has 25 heavy (non-hydrogen) atoms. The van der Waals surface area contributed by atoms with Crippen molar-refractivity contribution in [1.82, 2.24) is 24.8 Å². The highest BCUT2D eigenvalue weighted by Gasteiger charge is 2.17. The third kappa shape index (κ3) is 3.06. The van der Waals surface area contributed by atoms with Crippen LogP contribution in [0.2, 0.25) is 0 Å². The van der Waals surface area contributed by atoms with Crippen molar-refractivity contribution in [3.05, 3.63) is 65.9 Å². The number of aryl methyl sites for hydroxylation is 1. The Bertz CT molecular complexity index is 1030. The average Bonchev–Trinajstić information content (AvgIpc) is 3.01. The first-order chi connectivity index (χ1) is 12.2. The van der Waals surface area contributed by atoms with E-state index in [9.17, 15) is 0 Å². The topological polar surface area (TPSA) is 82.5 Å². The number of benzene rings is 2. The van der Waals surface area contributed by atoms with Crippen LogP contribution in [0, 0.1) is 6.92 Å². The summed E-state index contributed by atoms with van der Waals surface area (Å²) in [6.07, 6.45) is 0. The fourth-order valence-corrected chi connectivity index (χ4v) is 3.37. The molecule has 0 radical (unpaired) electrons. The van der Waals surface area contributed by atoms with Crippen LogP contribution in [0.5, 0.6) is 0 Å². The number of aromatic nitrogens is 5. The van der Waals surface area contributed by atoms with E-state index >= 15 is 0 Å². The normalized spacial score (nSPS) is 11.1. The highest BCUT2D eigenvalue weighted by Crippen LogP contribution is 2.25. The van der Waals surface area contributed by atoms with Crippen LogP contribution in [0.3, 0.4) is 0 Å². The molecule has 0 aliphatic heterocycles. The smallest absolute Gasteiger partial charge is 0.210 e. The van der Waals surface area contributed by atoms with E-state index in [1.807, 2.05) is 49.4 Å². The third-order valence-corrected chi connectivity index (χ3v) is 4.85. The Balaban J connectivity index is 1.66. The molecule has 0 aliphatic rings. The van der Waals surface area contributed by atoms with E-state index in [4.69, 9.17) is 5.84 Å². The maximum absolute atomic E-state index is 6.22. The largest absolute Gasteiger partial charge is 0.335 e. The quantitative estimate of drug-likeness (QED) is 0.450. The number of nitrogen functional groups attached to an aromatic ring is 1. The predicted octanol–water partition coefficient (Wildman–Crippen LogP) is 3.20. The Morgan fingerprint density at radius 3 is 2.36 bits per heavy atom. The summed E-state index contributed by atoms with van der Waals surface area (Å²) in [5.41, 5.74) is 4.30. The second-order valence-electron chi connectivity index (χ2n) is 5.60. The molecule has 4 aromatic rings. The Labute approximate surface area is 149 Å². The molecule has 2 aromatic carbocycles. The standard InChI is InChI=1S/C18H16N6S/c1-12-16(21-15-10-6-5-9-14(15)20-12)17-22-23-18(24(17)19)25-11-13-7-3-2-4-8-13/h2-10H,11,19H2,1H3. The molecule has 7 heteroatoms. The van der Waals surface area contributed by atoms with E-state index in [1.165, 1.54) is 10.2 Å². The molecule has 0 bridgehead atoms. The molecular formula is C18H16N6S. The van der Waals surface area contributed by atoms with Crippen LogP contribution in [0.4, 0.5) is 0 Å². The summed E-state index contributed by atoms with van der Waals surface area (Å²) in [4.78, 5) is 9.25. The number of thioether (sulfide) groups is 1. The first kappa shape index (κ1) is 15.6. The summed E-state index contributed by atoms with van der Waals surface area (Å²) in [5.74, 6) is 7.51. The van der Waals surface area contributed by atoms with E-state index in [-0.39, 0.29) is 0 Å². The van der Waals surface area contributed by atoms with Gasteiger partial charge in [-0.05, 0) is 24.6 Å². The summed E-state index contributed by atoms with van der Waals surface area (Å²) in [6.45, 7) is 1.90. The van der Waals surface area contributed by atoms with Gasteiger partial charge in [0, 0.05) is 5.75 Å². The average molecular weight is 348 g/mol. The second-order valence-corrected chi connectivity index (χ2v) is 6.54. The number of rotatable bonds is 4. The lowest BCUT2D eigenvalue weighted by atomic mass is 10.2. The lowest BCUT2D eigenvalue weighted by Gasteiger charge is -2.07. The van der Waals surface area contributed by atoms with Crippen LogP contribution >= 0.6 is 11.8 Å². The zero-order valence-electron chi connectivity index (χ0n) is 13.6. The molecule has 2 heterocycles. The summed E-state index contributed by atoms with van der Waals surface area (Å²) < 4.78 is 1.49. The molecule has 0 unspecified atom stereocenters. The minimum absolute atomic E-state index is 0.520. The van der Waals surface area contributed by atoms with Gasteiger partial charge in [0.05, 0.1) is 16.7 Å². The maximum Gasteiger partial charge on any atom is 0.210 e. The van der Waals surface area contributed by atoms with Crippen molar-refractivity contribution in [3.8, 4) is 11.5 Å². The molecule has 0 atom stereocenters. The number of nitrogens with zero attached hydrogens (tertiary/aromatic N) is 5. The first-order valence-corrected chi connectivity index (χ1v) is 8.82. The summed E-state index contributed by atoms with van der Waals surface area (Å²) in [5, 5.41) is 9.09. The lowest BCUT2D eigenvalue weighted by Crippen LogP contribution is -2.13. The van der Waals surface area contributed by atoms with Gasteiger partial charge in [0.2, 0.25) is 11.0 Å². The summed E-state index contributed by atoms with van der Waals surface area (Å²) in [7, 11) is 0. The van der Waals surface area contributed by atoms with Crippen LogP contribution in [-0.4, -0.2) is 24.8 Å². The second kappa shape index (κ2) is 6.52. The summed E-state index contributed by atoms with van der Waals surface area (Å²) >= 11 is 1.54. The highest BCUT2D eigenvalue weighted by molar-refractivity contribution is 7.98. The van der Waals surface area contributed by atoms with Gasteiger partial charge in [-0.2, -0.15) is 0 Å². The Hall–Kier alpha value is -2.93. The van der Waals surface area contributed by atoms with Gasteiger partial charge in [0.1, 0.15) is 5.69 Å². The number of hydrogen-bond donors (Lipinski definition) is 1. The van der Waals surface area contributed by atoms with Gasteiger partial charge < -0.3 is 5.84 Å². The number of nitrogens with two attached hydrogens (primary N) is 1. The van der Waals surface area contributed by atoms with Gasteiger partial charge in [-0.3, -0.25) is 0 Å². The van der Waals surface area contributed by atoms with E-state index in [1.54, 1.807) is 11.8 Å². The zero-order valence-corrected chi connectivity index (χ0v) is 14.4. The van der Waals surface area contributed by atoms with Crippen molar-refractivity contribution in [1.29, 1.82) is 0 Å². The van der Waals surface area contributed by atoms with Crippen molar-refractivity contribution in [2.75, 3.05) is 5.84 Å². The van der Waals surface area contributed by atoms with Crippen LogP contribution in [0.1, 0.15) is 11.3 Å². The minimum atomic E-state index is 0.520. The van der Waals surface area contributed by atoms with E-state index < -0.39 is 0 Å². The molecule has 0 saturated carbocycles. The van der Waals surface area contributed by atoms with Crippen molar-refractivity contribution in [3.63, 3.8) is 0 Å². The van der Waals surface area contributed by atoms with E-state index in [2.05, 4.69) is 32.3 Å². The maximum atomic E-state index is 6.22. The van der Waals surface area contributed by atoms with Gasteiger partial charge in [-0.1, -0.05) is 54.2 Å². The molecular weight excluding hydrogens is 332 g/mol. The molecule has 0 saturated heterocycles. The zero-order chi connectivity index (χ0) is 17.2. The number of hydrogen-bond acceptors (Lipinski definition) is 6. The number of fused-ring (bicyclic) bond motifs is 1. The van der Waals surface area contributed by atoms with Crippen LogP contribution in [0.15, 0.2) is 59.8 Å². The fraction of sp³-hybridized carbons (Fsp3) is 0.111. The van der Waals surface area contributed by atoms with Crippen LogP contribution in [-0.2, 0) is 5.75 Å². The van der Waals surface area contributed by atoms with Crippen molar-refractivity contribution in [2.45, 2.75) is 17.8 Å². The third-order valence-electron chi connectivity index (χ3n) is 3.83. The predicted molar refractivity (Wildman–Crippen MR) is 99.4 cm³/mol. The Morgan fingerprint density at radius 1 is 0.920 bits per heavy atom. The van der Waals surface area contributed by atoms with E-state index in [0.717, 1.165) is 22.5 Å². The van der Waals surface area contributed by atoms with Gasteiger partial charge in [0.25, 0.3) is 0 Å². The molecule has 0 spiro atoms. The number of para-hydroxylation sites is 2. The molecule has 6 nitrogen and oxygen atoms in total. The Morgan fingerprint density at radius 2 is 1.60 bits per heavy atom. The molecule has 2 N–H and O–H groups in total. The van der Waals surface area contributed by atoms with E-state index in [0.29, 0.717) is 16.7 Å². The molecule has 0 fully saturated rings. The van der Waals surface area contributed by atoms with Gasteiger partial charge >= 0.3 is 0 Å². The van der Waals surface area contributed by atoms with Gasteiger partial charge in [-0.15, -0.1) is 10.2 Å². The monoisotopic (exact) mass is 348 g/mol. The minimum Gasteiger partial charge on any atom is -0.335 e. The van der Waals surface area contributed by atoms with Crippen LogP contribution < -0.4 is 5.84 Å². The highest BCUT2D eigenvalue weighted by atomic mass is 32.2. The molecule has 124 valence electrons. The lowest BCUT2D eigenvalue weighted by molar-refractivity contribution is 0.847. The van der Waals surface area contributed by atoms with Crippen LogP contribution in [0.25, 0.3) is 22.6 Å². The van der Waals surface area contributed by atoms with Crippen molar-refractivity contribution >= 4 is 22.8 Å². The summed E-state index contributed by atoms with van der Waals surface area (Å²) in [6, 6.07) is 17.9. The fourth-order valence-electron chi connectivity index (χ4n) is 2.56. The van der Waals surface area contributed by atoms with Crippen molar-refractivity contribution < 1.29 is 0 Å². The van der Waals surface area contributed by atoms with Gasteiger partial charge in [0.15, 0.2) is 0 Å². The SMILES string of the molecule is Cc1nc2ccccc2nc1-c1nnc(SCc2ccccc2)n1N. The molecule has 0 aliphatic carbocycles. The Kier molecular flexibility index (Phi) is 4.07. The first-order valence-electron chi connectivity index (χ1n) is 7.83. The van der Waals surface area contributed by atoms with Crippen molar-refractivity contribution in [2.24, 2.45) is 0 Å². The molecule has 0 amide bonds. The molecule has 2 aromatic heterocycles.